The van der Waals surface area contributed by atoms with Crippen molar-refractivity contribution in [1.82, 2.24) is 81.1 Å². The van der Waals surface area contributed by atoms with Crippen molar-refractivity contribution in [1.29, 1.82) is 0 Å². The average Bonchev–Trinajstić information content (AvgIpc) is 0.773. The van der Waals surface area contributed by atoms with Gasteiger partial charge < -0.3 is 30.7 Å². The van der Waals surface area contributed by atoms with E-state index in [9.17, 15) is 38.4 Å². The third kappa shape index (κ3) is 27.1. The fourth-order valence-corrected chi connectivity index (χ4v) is 16.3. The summed E-state index contributed by atoms with van der Waals surface area (Å²) in [5.74, 6) is 0.416. The topological polar surface area (TPSA) is 358 Å². The smallest absolute Gasteiger partial charge is 0.271 e. The molecule has 142 heavy (non-hydrogen) atoms. The van der Waals surface area contributed by atoms with E-state index in [1.807, 2.05) is 159 Å². The van der Waals surface area contributed by atoms with Crippen LogP contribution in [0.25, 0.3) is 88.6 Å². The minimum Gasteiger partial charge on any atom is -0.496 e. The van der Waals surface area contributed by atoms with Crippen molar-refractivity contribution in [3.63, 3.8) is 0 Å². The molecule has 8 aromatic heterocycles. The summed E-state index contributed by atoms with van der Waals surface area (Å²) in [6.45, 7) is 22.2. The second kappa shape index (κ2) is 50.5. The molecule has 16 rings (SSSR count). The first-order chi connectivity index (χ1) is 68.9. The summed E-state index contributed by atoms with van der Waals surface area (Å²) in [7, 11) is 3.19. The average molecular weight is 1900 g/mol. The molecule has 0 unspecified atom stereocenters. The number of benzene rings is 8. The van der Waals surface area contributed by atoms with Gasteiger partial charge in [0.1, 0.15) is 34.3 Å². The molecule has 4 N–H and O–H groups in total. The standard InChI is InChI=1S/C32H36N4O3.C29H30N4O3.C28H28N4O2.C27H26N4O2/c1-6-7-13-33-31(38)28-20-35-27(19-36-28)24-15-23-22(14-21-11-9-8-10-12-21)25(29(37)17-32(2,3)4)18-34-26(23)16-30(24)39-5;1-4-6-12-30-29(35)26-18-32-25(17-33-26)22-14-21-20(13-19-10-8-7-9-11-19)23(27(34)5-2)16-31-24(21)15-28(22)36-3;1-3-5-13-29-28(34)26-18-31-25(17-32-26)20-11-12-24-22(15-20)21(14-19-9-7-6-8-10-19)23(16-30-24)27(33)4-2;1-3-4-12-28-27(33)26-17-30-25(16-31-26)20-10-11-24-22(14-20)21(23(15-29-24)18(2)32)13-19-8-6-5-7-9-19/h8-12,15-16,18-20H,6-7,13-14,17H2,1-5H3,(H,33,38);7-11,14-18H,4-6,12-13H2,1-3H3,(H,30,35);6-12,15-18H,3-5,13-14H2,1-2H3,(H,29,34);5-11,14-17H,3-4,12-13H2,1-2H3,(H,28,33). The summed E-state index contributed by atoms with van der Waals surface area (Å²) in [5, 5.41) is 15.0. The number of nitrogens with one attached hydrogen (secondary N) is 4. The number of amides is 4. The number of fused-ring (bicyclic) bond motifs is 4. The Morgan fingerprint density at radius 3 is 0.852 bits per heavy atom. The third-order valence-electron chi connectivity index (χ3n) is 24.0. The first-order valence-corrected chi connectivity index (χ1v) is 48.4. The molecule has 4 amide bonds. The molecule has 0 aliphatic heterocycles. The number of rotatable bonds is 37. The number of pyridine rings is 4. The zero-order chi connectivity index (χ0) is 101. The number of ether oxygens (including phenoxy) is 2. The molecule has 16 aromatic rings. The van der Waals surface area contributed by atoms with Crippen LogP contribution in [-0.4, -0.2) is 147 Å². The third-order valence-corrected chi connectivity index (χ3v) is 24.0. The molecule has 26 nitrogen and oxygen atoms in total. The van der Waals surface area contributed by atoms with Crippen molar-refractivity contribution in [3.8, 4) is 56.5 Å². The highest BCUT2D eigenvalue weighted by molar-refractivity contribution is 6.06. The van der Waals surface area contributed by atoms with Crippen molar-refractivity contribution in [3.05, 3.63) is 346 Å². The number of carbonyl (C=O) groups excluding carboxylic acids is 8. The molecule has 0 radical (unpaired) electrons. The SMILES string of the molecule is CCCCNC(=O)c1cnc(-c2cc3c(Cc4ccccc4)c(C(=O)CC(C)(C)C)cnc3cc2OC)cn1.CCCCNC(=O)c1cnc(-c2cc3c(Cc4ccccc4)c(C(=O)CC)cnc3cc2OC)cn1.CCCCNC(=O)c1cnc(-c2ccc3ncc(C(=O)CC)c(Cc4ccccc4)c3c2)cn1.CCCCNC(=O)c1cnc(-c2ccc3ncc(C(C)=O)c(Cc4ccccc4)c3c2)cn1. The summed E-state index contributed by atoms with van der Waals surface area (Å²) in [5.41, 5.74) is 20.4. The molecular formula is C116H120N16O10. The van der Waals surface area contributed by atoms with E-state index < -0.39 is 0 Å². The van der Waals surface area contributed by atoms with Crippen LogP contribution in [0.3, 0.4) is 0 Å². The maximum atomic E-state index is 13.5. The van der Waals surface area contributed by atoms with Gasteiger partial charge in [-0.1, -0.05) is 221 Å². The highest BCUT2D eigenvalue weighted by atomic mass is 16.5. The van der Waals surface area contributed by atoms with Crippen molar-refractivity contribution in [2.45, 2.75) is 166 Å². The molecule has 0 saturated heterocycles. The van der Waals surface area contributed by atoms with Crippen LogP contribution < -0.4 is 30.7 Å². The molecule has 8 aromatic carbocycles. The number of hydrogen-bond acceptors (Lipinski definition) is 22. The van der Waals surface area contributed by atoms with Crippen LogP contribution in [0.2, 0.25) is 0 Å². The minimum atomic E-state index is -0.246. The van der Waals surface area contributed by atoms with Crippen LogP contribution in [0, 0.1) is 5.41 Å². The van der Waals surface area contributed by atoms with Gasteiger partial charge >= 0.3 is 0 Å². The van der Waals surface area contributed by atoms with Crippen LogP contribution in [0.4, 0.5) is 0 Å². The molecule has 0 bridgehead atoms. The van der Waals surface area contributed by atoms with Crippen molar-refractivity contribution >= 4 is 90.4 Å². The van der Waals surface area contributed by atoms with Gasteiger partial charge in [0.05, 0.1) is 109 Å². The van der Waals surface area contributed by atoms with Gasteiger partial charge in [-0.2, -0.15) is 0 Å². The maximum absolute atomic E-state index is 13.5. The Labute approximate surface area is 828 Å². The van der Waals surface area contributed by atoms with E-state index >= 15 is 0 Å². The molecule has 0 fully saturated rings. The van der Waals surface area contributed by atoms with E-state index in [0.717, 1.165) is 151 Å². The molecule has 724 valence electrons. The van der Waals surface area contributed by atoms with Gasteiger partial charge in [0, 0.05) is 148 Å². The van der Waals surface area contributed by atoms with E-state index in [2.05, 4.69) is 166 Å². The molecule has 0 aliphatic rings. The molecule has 0 aliphatic carbocycles. The minimum absolute atomic E-state index is 0.0148. The van der Waals surface area contributed by atoms with Crippen LogP contribution in [0.1, 0.15) is 268 Å². The molecule has 8 heterocycles. The van der Waals surface area contributed by atoms with Crippen LogP contribution in [0.15, 0.2) is 256 Å². The molecule has 0 spiro atoms. The summed E-state index contributed by atoms with van der Waals surface area (Å²) in [6, 6.07) is 59.7. The van der Waals surface area contributed by atoms with Gasteiger partial charge in [-0.05, 0) is 145 Å². The molecule has 0 saturated carbocycles. The Kier molecular flexibility index (Phi) is 36.7. The zero-order valence-electron chi connectivity index (χ0n) is 82.6. The van der Waals surface area contributed by atoms with Crippen LogP contribution in [0.5, 0.6) is 11.5 Å². The summed E-state index contributed by atoms with van der Waals surface area (Å²) < 4.78 is 11.4. The van der Waals surface area contributed by atoms with Crippen molar-refractivity contribution in [2.75, 3.05) is 40.4 Å². The van der Waals surface area contributed by atoms with Gasteiger partial charge in [-0.3, -0.25) is 78.2 Å². The van der Waals surface area contributed by atoms with Gasteiger partial charge in [0.25, 0.3) is 23.6 Å². The number of ketones is 4. The first-order valence-electron chi connectivity index (χ1n) is 48.4. The lowest BCUT2D eigenvalue weighted by molar-refractivity contribution is 0.0931. The monoisotopic (exact) mass is 1900 g/mol. The highest BCUT2D eigenvalue weighted by Gasteiger charge is 2.27. The zero-order valence-corrected chi connectivity index (χ0v) is 82.6. The summed E-state index contributed by atoms with van der Waals surface area (Å²) in [4.78, 5) is 154. The fraction of sp³-hybridized carbons (Fsp3) is 0.276. The Balaban J connectivity index is 0.000000159. The van der Waals surface area contributed by atoms with E-state index in [-0.39, 0.29) is 63.6 Å². The number of carbonyl (C=O) groups is 8. The predicted octanol–water partition coefficient (Wildman–Crippen LogP) is 22.3. The normalized spacial score (nSPS) is 11.0. The lowest BCUT2D eigenvalue weighted by Gasteiger charge is -2.19. The van der Waals surface area contributed by atoms with E-state index in [1.54, 1.807) is 70.7 Å². The largest absolute Gasteiger partial charge is 0.496 e. The number of nitrogens with zero attached hydrogens (tertiary/aromatic N) is 12. The molecule has 26 heteroatoms. The Bertz CT molecular complexity index is 7120. The van der Waals surface area contributed by atoms with Crippen molar-refractivity contribution < 1.29 is 47.8 Å². The summed E-state index contributed by atoms with van der Waals surface area (Å²) >= 11 is 0. The Morgan fingerprint density at radius 1 is 0.296 bits per heavy atom. The van der Waals surface area contributed by atoms with Gasteiger partial charge in [-0.25, -0.2) is 19.9 Å². The van der Waals surface area contributed by atoms with E-state index in [0.29, 0.717) is 150 Å². The lowest BCUT2D eigenvalue weighted by atomic mass is 9.85. The van der Waals surface area contributed by atoms with Crippen LogP contribution in [-0.2, 0) is 25.7 Å². The van der Waals surface area contributed by atoms with Gasteiger partial charge in [0.2, 0.25) is 0 Å². The number of aromatic nitrogens is 12. The quantitative estimate of drug-likeness (QED) is 0.0207. The highest BCUT2D eigenvalue weighted by Crippen LogP contribution is 2.40. The second-order valence-electron chi connectivity index (χ2n) is 35.7. The number of unbranched alkanes of at least 4 members (excludes halogenated alkanes) is 4. The lowest BCUT2D eigenvalue weighted by Crippen LogP contribution is -2.25. The Morgan fingerprint density at radius 2 is 0.577 bits per heavy atom. The second-order valence-corrected chi connectivity index (χ2v) is 35.7. The summed E-state index contributed by atoms with van der Waals surface area (Å²) in [6.07, 6.45) is 30.4. The maximum Gasteiger partial charge on any atom is 0.271 e. The fourth-order valence-electron chi connectivity index (χ4n) is 16.3. The van der Waals surface area contributed by atoms with E-state index in [1.165, 1.54) is 24.8 Å². The molecular weight excluding hydrogens is 1780 g/mol. The van der Waals surface area contributed by atoms with Gasteiger partial charge in [0.15, 0.2) is 23.1 Å². The first kappa shape index (κ1) is 103. The number of hydrogen-bond donors (Lipinski definition) is 4. The predicted molar refractivity (Wildman–Crippen MR) is 558 cm³/mol. The molecule has 0 atom stereocenters. The van der Waals surface area contributed by atoms with Crippen molar-refractivity contribution in [2.24, 2.45) is 5.41 Å². The van der Waals surface area contributed by atoms with Gasteiger partial charge in [-0.15, -0.1) is 0 Å². The van der Waals surface area contributed by atoms with Crippen LogP contribution >= 0.6 is 0 Å². The number of Topliss-reactive ketones (excluding diaryl/α,β-unsaturated/α-hetero) is 4. The number of methoxy groups -OCH3 is 2. The Hall–Kier alpha value is -16.1. The van der Waals surface area contributed by atoms with E-state index in [4.69, 9.17) is 9.47 Å².